The normalized spacial score (nSPS) is 31.5. The van der Waals surface area contributed by atoms with Gasteiger partial charge in [0.1, 0.15) is 0 Å². The van der Waals surface area contributed by atoms with Crippen LogP contribution >= 0.6 is 0 Å². The van der Waals surface area contributed by atoms with E-state index in [1.807, 2.05) is 0 Å². The summed E-state index contributed by atoms with van der Waals surface area (Å²) in [7, 11) is -3.52. The summed E-state index contributed by atoms with van der Waals surface area (Å²) in [6.45, 7) is 1.42. The van der Waals surface area contributed by atoms with Gasteiger partial charge in [0.25, 0.3) is 0 Å². The molecule has 5 fully saturated rings. The van der Waals surface area contributed by atoms with Gasteiger partial charge in [-0.1, -0.05) is 12.1 Å². The van der Waals surface area contributed by atoms with Gasteiger partial charge in [-0.25, -0.2) is 8.42 Å². The van der Waals surface area contributed by atoms with Crippen LogP contribution in [0.5, 0.6) is 0 Å². The first-order chi connectivity index (χ1) is 15.8. The third-order valence-corrected chi connectivity index (χ3v) is 10.1. The smallest absolute Gasteiger partial charge is 0.306 e. The average Bonchev–Trinajstić information content (AvgIpc) is 2.81. The predicted octanol–water partition coefficient (Wildman–Crippen LogP) is 2.97. The molecule has 1 heterocycles. The van der Waals surface area contributed by atoms with Crippen molar-refractivity contribution in [1.29, 1.82) is 0 Å². The molecule has 180 valence electrons. The fourth-order valence-electron chi connectivity index (χ4n) is 6.83. The van der Waals surface area contributed by atoms with Crippen LogP contribution in [0.3, 0.4) is 0 Å². The number of Topliss-reactive ketones (excluding diaryl/α,β-unsaturated/α-hetero) is 1. The highest BCUT2D eigenvalue weighted by Gasteiger charge is 2.54. The van der Waals surface area contributed by atoms with Crippen molar-refractivity contribution in [2.75, 3.05) is 32.9 Å². The molecule has 5 aliphatic rings. The lowest BCUT2D eigenvalue weighted by Gasteiger charge is -2.55. The molecule has 0 N–H and O–H groups in total. The molecule has 0 aromatic heterocycles. The first kappa shape index (κ1) is 23.0. The van der Waals surface area contributed by atoms with Gasteiger partial charge in [-0.3, -0.25) is 9.59 Å². The highest BCUT2D eigenvalue weighted by Crippen LogP contribution is 2.60. The summed E-state index contributed by atoms with van der Waals surface area (Å²) in [6.07, 6.45) is 7.39. The maximum atomic E-state index is 13.0. The summed E-state index contributed by atoms with van der Waals surface area (Å²) in [4.78, 5) is 25.5. The van der Waals surface area contributed by atoms with Gasteiger partial charge in [0.2, 0.25) is 10.0 Å². The topological polar surface area (TPSA) is 90.0 Å². The zero-order valence-corrected chi connectivity index (χ0v) is 19.9. The number of sulfonamides is 1. The lowest BCUT2D eigenvalue weighted by molar-refractivity contribution is -0.157. The van der Waals surface area contributed by atoms with Crippen LogP contribution in [0.2, 0.25) is 0 Å². The second kappa shape index (κ2) is 9.12. The molecule has 0 radical (unpaired) electrons. The van der Waals surface area contributed by atoms with E-state index >= 15 is 0 Å². The number of aryl methyl sites for hydroxylation is 1. The summed E-state index contributed by atoms with van der Waals surface area (Å²) in [6, 6.07) is 6.65. The fraction of sp³-hybridized carbons (Fsp3) is 0.680. The van der Waals surface area contributed by atoms with Crippen LogP contribution in [0.25, 0.3) is 0 Å². The Morgan fingerprint density at radius 2 is 1.55 bits per heavy atom. The highest BCUT2D eigenvalue weighted by molar-refractivity contribution is 7.89. The van der Waals surface area contributed by atoms with Gasteiger partial charge in [0, 0.05) is 24.9 Å². The van der Waals surface area contributed by atoms with E-state index in [2.05, 4.69) is 0 Å². The van der Waals surface area contributed by atoms with E-state index in [-0.39, 0.29) is 35.1 Å². The largest absolute Gasteiger partial charge is 0.458 e. The minimum absolute atomic E-state index is 0.109. The number of nitrogens with zero attached hydrogens (tertiary/aromatic N) is 1. The average molecular weight is 476 g/mol. The summed E-state index contributed by atoms with van der Waals surface area (Å²) in [5.41, 5.74) is 0.622. The highest BCUT2D eigenvalue weighted by atomic mass is 32.2. The van der Waals surface area contributed by atoms with Gasteiger partial charge in [-0.2, -0.15) is 4.31 Å². The van der Waals surface area contributed by atoms with Crippen molar-refractivity contribution in [2.24, 2.45) is 23.2 Å². The Bertz CT molecular complexity index is 961. The Labute approximate surface area is 195 Å². The summed E-state index contributed by atoms with van der Waals surface area (Å²) in [5.74, 6) is 1.80. The SMILES string of the molecule is O=C(CCc1ccc(S(=O)(=O)N2CCOCC2)cc1)OCC(=O)C12CC3CC(CC(C3)C1)C2. The number of carbonyl (C=O) groups excluding carboxylic acids is 2. The second-order valence-corrected chi connectivity index (χ2v) is 12.4. The third-order valence-electron chi connectivity index (χ3n) is 8.14. The standard InChI is InChI=1S/C25H33NO6S/c27-23(25-14-19-11-20(15-25)13-21(12-19)16-25)17-32-24(28)6-3-18-1-4-22(5-2-18)33(29,30)26-7-9-31-10-8-26/h1-2,4-5,19-21H,3,6-17H2. The van der Waals surface area contributed by atoms with Gasteiger partial charge >= 0.3 is 5.97 Å². The molecule has 33 heavy (non-hydrogen) atoms. The van der Waals surface area contributed by atoms with Crippen LogP contribution in [0.4, 0.5) is 0 Å². The molecule has 4 aliphatic carbocycles. The molecular weight excluding hydrogens is 442 g/mol. The predicted molar refractivity (Wildman–Crippen MR) is 121 cm³/mol. The van der Waals surface area contributed by atoms with Crippen LogP contribution in [0.15, 0.2) is 29.2 Å². The maximum Gasteiger partial charge on any atom is 0.306 e. The molecule has 0 spiro atoms. The first-order valence-corrected chi connectivity index (χ1v) is 13.6. The number of ketones is 1. The monoisotopic (exact) mass is 475 g/mol. The molecule has 4 bridgehead atoms. The molecule has 4 saturated carbocycles. The number of rotatable bonds is 8. The molecule has 1 aromatic rings. The van der Waals surface area contributed by atoms with E-state index in [9.17, 15) is 18.0 Å². The number of benzene rings is 1. The second-order valence-electron chi connectivity index (χ2n) is 10.4. The van der Waals surface area contributed by atoms with Crippen molar-refractivity contribution in [2.45, 2.75) is 56.3 Å². The van der Waals surface area contributed by atoms with Crippen LogP contribution in [0, 0.1) is 23.2 Å². The zero-order valence-electron chi connectivity index (χ0n) is 19.0. The van der Waals surface area contributed by atoms with Crippen molar-refractivity contribution in [3.63, 3.8) is 0 Å². The number of esters is 1. The van der Waals surface area contributed by atoms with E-state index in [1.54, 1.807) is 24.3 Å². The van der Waals surface area contributed by atoms with Gasteiger partial charge in [-0.15, -0.1) is 0 Å². The van der Waals surface area contributed by atoms with E-state index in [0.717, 1.165) is 24.8 Å². The van der Waals surface area contributed by atoms with E-state index in [1.165, 1.54) is 23.6 Å². The van der Waals surface area contributed by atoms with Crippen LogP contribution in [0.1, 0.15) is 50.5 Å². The summed E-state index contributed by atoms with van der Waals surface area (Å²) >= 11 is 0. The lowest BCUT2D eigenvalue weighted by atomic mass is 9.48. The summed E-state index contributed by atoms with van der Waals surface area (Å²) in [5, 5.41) is 0. The Balaban J connectivity index is 1.10. The molecule has 7 nitrogen and oxygen atoms in total. The van der Waals surface area contributed by atoms with Crippen molar-refractivity contribution in [3.05, 3.63) is 29.8 Å². The fourth-order valence-corrected chi connectivity index (χ4v) is 8.24. The van der Waals surface area contributed by atoms with Gasteiger partial charge in [0.05, 0.1) is 18.1 Å². The Hall–Kier alpha value is -1.77. The minimum atomic E-state index is -3.52. The maximum absolute atomic E-state index is 13.0. The van der Waals surface area contributed by atoms with E-state index < -0.39 is 10.0 Å². The van der Waals surface area contributed by atoms with Gasteiger partial charge < -0.3 is 9.47 Å². The number of hydrogen-bond donors (Lipinski definition) is 0. The number of carbonyl (C=O) groups is 2. The molecule has 6 rings (SSSR count). The van der Waals surface area contributed by atoms with Crippen LogP contribution in [-0.4, -0.2) is 57.4 Å². The Kier molecular flexibility index (Phi) is 6.35. The van der Waals surface area contributed by atoms with Gasteiger partial charge in [-0.05, 0) is 80.4 Å². The van der Waals surface area contributed by atoms with Gasteiger partial charge in [0.15, 0.2) is 12.4 Å². The number of ether oxygens (including phenoxy) is 2. The molecule has 1 saturated heterocycles. The van der Waals surface area contributed by atoms with Crippen molar-refractivity contribution >= 4 is 21.8 Å². The van der Waals surface area contributed by atoms with E-state index in [0.29, 0.717) is 50.5 Å². The van der Waals surface area contributed by atoms with Crippen LogP contribution < -0.4 is 0 Å². The quantitative estimate of drug-likeness (QED) is 0.537. The molecule has 1 aliphatic heterocycles. The number of hydrogen-bond acceptors (Lipinski definition) is 6. The molecular formula is C25H33NO6S. The number of morpholine rings is 1. The molecule has 0 amide bonds. The third kappa shape index (κ3) is 4.75. The Morgan fingerprint density at radius 3 is 2.12 bits per heavy atom. The van der Waals surface area contributed by atoms with Crippen molar-refractivity contribution in [3.8, 4) is 0 Å². The molecule has 8 heteroatoms. The lowest BCUT2D eigenvalue weighted by Crippen LogP contribution is -2.51. The molecule has 0 unspecified atom stereocenters. The van der Waals surface area contributed by atoms with E-state index in [4.69, 9.17) is 9.47 Å². The first-order valence-electron chi connectivity index (χ1n) is 12.2. The van der Waals surface area contributed by atoms with Crippen molar-refractivity contribution < 1.29 is 27.5 Å². The Morgan fingerprint density at radius 1 is 0.970 bits per heavy atom. The van der Waals surface area contributed by atoms with Crippen LogP contribution in [-0.2, 0) is 35.5 Å². The molecule has 0 atom stereocenters. The van der Waals surface area contributed by atoms with Crippen molar-refractivity contribution in [1.82, 2.24) is 4.31 Å². The summed E-state index contributed by atoms with van der Waals surface area (Å²) < 4.78 is 37.4. The minimum Gasteiger partial charge on any atom is -0.458 e. The molecule has 1 aromatic carbocycles. The zero-order chi connectivity index (χ0) is 23.1.